The maximum Gasteiger partial charge on any atom is 0.306 e. The zero-order valence-corrected chi connectivity index (χ0v) is 37.6. The number of rotatable bonds is 7. The second-order valence-corrected chi connectivity index (χ2v) is 21.9. The second-order valence-electron chi connectivity index (χ2n) is 19.7. The predicted octanol–water partition coefficient (Wildman–Crippen LogP) is 7.07. The van der Waals surface area contributed by atoms with Crippen molar-refractivity contribution in [3.8, 4) is 11.6 Å². The first kappa shape index (κ1) is 43.9. The number of nitrogens with one attached hydrogen (secondary N) is 1. The smallest absolute Gasteiger partial charge is 0.306 e. The van der Waals surface area contributed by atoms with E-state index in [4.69, 9.17) is 19.2 Å². The molecule has 1 aromatic heterocycles. The molecule has 14 heteroatoms. The van der Waals surface area contributed by atoms with Gasteiger partial charge in [-0.2, -0.15) is 0 Å². The molecule has 63 heavy (non-hydrogen) atoms. The molecule has 1 N–H and O–H groups in total. The van der Waals surface area contributed by atoms with E-state index in [0.29, 0.717) is 55.0 Å². The molecule has 3 saturated carbocycles. The SMILES string of the molecule is CC1(S(=O)(=O)NC(=O)[C@]23CC(=O)[C@@H]4C[C@@H]5CN4C(=O)[C@H](CCCCC/C=C\[C@@H]2C3)CC(=O)O[C@@H]2C[C@H]2CCC/C=C/c2c(nc3ccccc3c2OCCN2CCCCC2)O5)CC1. The Balaban J connectivity index is 1.06. The fourth-order valence-electron chi connectivity index (χ4n) is 10.4. The normalized spacial score (nSPS) is 32.5. The monoisotopic (exact) mass is 884 g/mol. The van der Waals surface area contributed by atoms with E-state index in [0.717, 1.165) is 76.4 Å². The zero-order chi connectivity index (χ0) is 43.8. The molecule has 2 saturated heterocycles. The summed E-state index contributed by atoms with van der Waals surface area (Å²) in [4.78, 5) is 66.5. The molecule has 9 rings (SSSR count). The summed E-state index contributed by atoms with van der Waals surface area (Å²) in [5, 5.41) is 0.870. The Morgan fingerprint density at radius 2 is 1.75 bits per heavy atom. The van der Waals surface area contributed by atoms with Gasteiger partial charge in [-0.05, 0) is 127 Å². The minimum atomic E-state index is -3.95. The molecule has 7 atom stereocenters. The van der Waals surface area contributed by atoms with Gasteiger partial charge in [-0.1, -0.05) is 49.6 Å². The highest BCUT2D eigenvalue weighted by Crippen LogP contribution is 2.58. The van der Waals surface area contributed by atoms with Crippen LogP contribution in [0.15, 0.2) is 42.5 Å². The van der Waals surface area contributed by atoms with Crippen LogP contribution < -0.4 is 14.2 Å². The number of hydrogen-bond acceptors (Lipinski definition) is 11. The summed E-state index contributed by atoms with van der Waals surface area (Å²) in [6.45, 7) is 5.11. The predicted molar refractivity (Wildman–Crippen MR) is 238 cm³/mol. The standard InChI is InChI=1S/C49H64N4O9S/c1-48(21-22-48)63(58,59)51-47(57)49-30-35(49)17-9-4-2-3-7-16-34-28-43(55)62-42-27-33(42)15-8-5-10-19-38-44(60-26-25-52-23-13-6-14-24-52)37-18-11-12-20-39(37)50-45(38)61-36-29-40(41(54)31-49)53(32-36)46(34)56/h9-12,17-20,33-36,40,42H,2-8,13-16,21-32H2,1H3,(H,51,57)/b17-9-,19-10+/t33-,34-,35-,36-,40+,42-,49-/m1/s1. The van der Waals surface area contributed by atoms with Crippen LogP contribution in [-0.4, -0.2) is 103 Å². The third-order valence-corrected chi connectivity index (χ3v) is 17.1. The number of para-hydroxylation sites is 1. The molecule has 13 nitrogen and oxygen atoms in total. The summed E-state index contributed by atoms with van der Waals surface area (Å²) in [5.41, 5.74) is 0.156. The average Bonchev–Trinajstić information content (AvgIpc) is 4.23. The van der Waals surface area contributed by atoms with E-state index < -0.39 is 50.1 Å². The van der Waals surface area contributed by atoms with Gasteiger partial charge in [0.15, 0.2) is 5.78 Å². The molecule has 5 heterocycles. The van der Waals surface area contributed by atoms with Crippen molar-refractivity contribution in [2.75, 3.05) is 32.8 Å². The summed E-state index contributed by atoms with van der Waals surface area (Å²) in [5.74, 6) is -1.37. The number of ketones is 1. The minimum absolute atomic E-state index is 0.0730. The first-order chi connectivity index (χ1) is 30.4. The summed E-state index contributed by atoms with van der Waals surface area (Å²) in [7, 11) is -3.95. The quantitative estimate of drug-likeness (QED) is 0.224. The van der Waals surface area contributed by atoms with Crippen LogP contribution in [0.4, 0.5) is 0 Å². The van der Waals surface area contributed by atoms with E-state index in [2.05, 4.69) is 15.7 Å². The van der Waals surface area contributed by atoms with E-state index in [1.54, 1.807) is 11.8 Å². The third-order valence-electron chi connectivity index (χ3n) is 15.0. The lowest BCUT2D eigenvalue weighted by atomic mass is 9.90. The number of esters is 1. The number of ether oxygens (including phenoxy) is 3. The lowest BCUT2D eigenvalue weighted by molar-refractivity contribution is -0.151. The number of allylic oxidation sites excluding steroid dienone is 3. The van der Waals surface area contributed by atoms with Crippen LogP contribution in [-0.2, 0) is 33.9 Å². The molecule has 340 valence electrons. The van der Waals surface area contributed by atoms with Crippen molar-refractivity contribution < 1.29 is 41.8 Å². The lowest BCUT2D eigenvalue weighted by Crippen LogP contribution is -2.47. The molecule has 1 aromatic carbocycles. The molecule has 2 aromatic rings. The third kappa shape index (κ3) is 9.72. The van der Waals surface area contributed by atoms with Crippen molar-refractivity contribution >= 4 is 50.6 Å². The summed E-state index contributed by atoms with van der Waals surface area (Å²) >= 11 is 0. The Hall–Kier alpha value is -4.30. The molecular weight excluding hydrogens is 821 g/mol. The van der Waals surface area contributed by atoms with Gasteiger partial charge in [0.1, 0.15) is 24.6 Å². The molecule has 3 bridgehead atoms. The number of amides is 2. The first-order valence-corrected chi connectivity index (χ1v) is 25.3. The number of carbonyl (C=O) groups excluding carboxylic acids is 4. The maximum atomic E-state index is 14.9. The Labute approximate surface area is 371 Å². The van der Waals surface area contributed by atoms with E-state index in [-0.39, 0.29) is 55.4 Å². The summed E-state index contributed by atoms with van der Waals surface area (Å²) < 4.78 is 47.6. The van der Waals surface area contributed by atoms with Crippen molar-refractivity contribution in [3.05, 3.63) is 48.1 Å². The van der Waals surface area contributed by atoms with Gasteiger partial charge in [-0.3, -0.25) is 28.8 Å². The fraction of sp³-hybridized carbons (Fsp3) is 0.653. The number of likely N-dealkylation sites (tertiary alicyclic amines) is 1. The second kappa shape index (κ2) is 18.3. The van der Waals surface area contributed by atoms with Crippen LogP contribution >= 0.6 is 0 Å². The van der Waals surface area contributed by atoms with E-state index in [1.165, 1.54) is 19.3 Å². The number of sulfonamides is 1. The maximum absolute atomic E-state index is 14.9. The summed E-state index contributed by atoms with van der Waals surface area (Å²) in [6.07, 6.45) is 19.1. The van der Waals surface area contributed by atoms with Crippen LogP contribution in [0.25, 0.3) is 17.0 Å². The highest BCUT2D eigenvalue weighted by atomic mass is 32.2. The van der Waals surface area contributed by atoms with Gasteiger partial charge in [0.25, 0.3) is 0 Å². The van der Waals surface area contributed by atoms with Crippen LogP contribution in [0.1, 0.15) is 128 Å². The van der Waals surface area contributed by atoms with Crippen molar-refractivity contribution in [2.45, 2.75) is 145 Å². The minimum Gasteiger partial charge on any atom is -0.491 e. The number of aromatic nitrogens is 1. The Morgan fingerprint density at radius 3 is 2.57 bits per heavy atom. The van der Waals surface area contributed by atoms with Crippen LogP contribution in [0.2, 0.25) is 0 Å². The van der Waals surface area contributed by atoms with Crippen LogP contribution in [0.5, 0.6) is 11.6 Å². The van der Waals surface area contributed by atoms with E-state index in [1.807, 2.05) is 42.5 Å². The van der Waals surface area contributed by atoms with Gasteiger partial charge in [-0.15, -0.1) is 0 Å². The Morgan fingerprint density at radius 1 is 0.952 bits per heavy atom. The number of benzene rings is 1. The highest BCUT2D eigenvalue weighted by molar-refractivity contribution is 7.91. The molecule has 2 amide bonds. The van der Waals surface area contributed by atoms with E-state index >= 15 is 0 Å². The average molecular weight is 885 g/mol. The van der Waals surface area contributed by atoms with Gasteiger partial charge in [0.05, 0.1) is 40.2 Å². The van der Waals surface area contributed by atoms with Gasteiger partial charge in [-0.25, -0.2) is 13.4 Å². The number of carbonyl (C=O) groups is 4. The topological polar surface area (TPSA) is 162 Å². The fourth-order valence-corrected chi connectivity index (χ4v) is 11.7. The van der Waals surface area contributed by atoms with E-state index in [9.17, 15) is 27.6 Å². The van der Waals surface area contributed by atoms with Crippen molar-refractivity contribution in [1.82, 2.24) is 19.5 Å². The number of Topliss-reactive ketones (excluding diaryl/α,β-unsaturated/α-hetero) is 1. The molecule has 7 aliphatic rings. The molecule has 0 unspecified atom stereocenters. The Bertz CT molecular complexity index is 2250. The number of nitrogens with zero attached hydrogens (tertiary/aromatic N) is 3. The lowest BCUT2D eigenvalue weighted by Gasteiger charge is -2.29. The number of fused-ring (bicyclic) bond motifs is 6. The highest BCUT2D eigenvalue weighted by Gasteiger charge is 2.62. The van der Waals surface area contributed by atoms with Gasteiger partial charge >= 0.3 is 5.97 Å². The summed E-state index contributed by atoms with van der Waals surface area (Å²) in [6, 6.07) is 6.89. The molecule has 3 aliphatic carbocycles. The van der Waals surface area contributed by atoms with Crippen molar-refractivity contribution in [1.29, 1.82) is 0 Å². The number of piperidine rings is 1. The largest absolute Gasteiger partial charge is 0.491 e. The van der Waals surface area contributed by atoms with Gasteiger partial charge in [0, 0.05) is 30.7 Å². The Kier molecular flexibility index (Phi) is 12.8. The van der Waals surface area contributed by atoms with Crippen molar-refractivity contribution in [2.24, 2.45) is 23.2 Å². The first-order valence-electron chi connectivity index (χ1n) is 23.8. The molecule has 4 aliphatic heterocycles. The van der Waals surface area contributed by atoms with Gasteiger partial charge in [0.2, 0.25) is 27.7 Å². The molecule has 5 fully saturated rings. The molecule has 0 radical (unpaired) electrons. The van der Waals surface area contributed by atoms with Gasteiger partial charge < -0.3 is 19.1 Å². The van der Waals surface area contributed by atoms with Crippen LogP contribution in [0.3, 0.4) is 0 Å². The number of pyridine rings is 1. The van der Waals surface area contributed by atoms with Crippen LogP contribution in [0, 0.1) is 23.2 Å². The van der Waals surface area contributed by atoms with Crippen molar-refractivity contribution in [3.63, 3.8) is 0 Å². The number of hydrogen-bond donors (Lipinski definition) is 1. The molecule has 0 spiro atoms. The zero-order valence-electron chi connectivity index (χ0n) is 36.8. The molecular formula is C49H64N4O9S.